The van der Waals surface area contributed by atoms with Crippen LogP contribution in [0, 0.1) is 17.8 Å². The molecular formula is C14H31NO. The second-order valence-corrected chi connectivity index (χ2v) is 5.45. The molecule has 0 bridgehead atoms. The minimum atomic E-state index is 0.752. The summed E-state index contributed by atoms with van der Waals surface area (Å²) in [6.07, 6.45) is 3.81. The first-order valence-electron chi connectivity index (χ1n) is 6.79. The third-order valence-corrected chi connectivity index (χ3v) is 3.09. The maximum absolute atomic E-state index is 5.15. The van der Waals surface area contributed by atoms with Gasteiger partial charge >= 0.3 is 0 Å². The summed E-state index contributed by atoms with van der Waals surface area (Å²) < 4.78 is 5.15. The van der Waals surface area contributed by atoms with Crippen LogP contribution in [0.3, 0.4) is 0 Å². The van der Waals surface area contributed by atoms with Crippen LogP contribution in [0.2, 0.25) is 0 Å². The smallest absolute Gasteiger partial charge is 0.0464 e. The zero-order chi connectivity index (χ0) is 12.4. The van der Waals surface area contributed by atoms with E-state index in [1.807, 2.05) is 0 Å². The van der Waals surface area contributed by atoms with Crippen molar-refractivity contribution in [1.82, 2.24) is 5.32 Å². The number of nitrogens with one attached hydrogen (secondary N) is 1. The highest BCUT2D eigenvalue weighted by Gasteiger charge is 2.11. The molecule has 0 radical (unpaired) electrons. The van der Waals surface area contributed by atoms with E-state index in [0.717, 1.165) is 37.5 Å². The highest BCUT2D eigenvalue weighted by atomic mass is 16.5. The van der Waals surface area contributed by atoms with E-state index >= 15 is 0 Å². The second kappa shape index (κ2) is 10.1. The number of hydrogen-bond donors (Lipinski definition) is 1. The fourth-order valence-electron chi connectivity index (χ4n) is 2.04. The van der Waals surface area contributed by atoms with Crippen LogP contribution in [0.4, 0.5) is 0 Å². The molecule has 0 saturated heterocycles. The number of hydrogen-bond acceptors (Lipinski definition) is 2. The van der Waals surface area contributed by atoms with Crippen molar-refractivity contribution in [2.45, 2.75) is 47.0 Å². The lowest BCUT2D eigenvalue weighted by atomic mass is 9.91. The zero-order valence-corrected chi connectivity index (χ0v) is 11.9. The molecule has 0 heterocycles. The lowest BCUT2D eigenvalue weighted by Gasteiger charge is -2.20. The molecule has 0 aromatic heterocycles. The Morgan fingerprint density at radius 2 is 1.81 bits per heavy atom. The molecule has 1 N–H and O–H groups in total. The van der Waals surface area contributed by atoms with E-state index in [9.17, 15) is 0 Å². The summed E-state index contributed by atoms with van der Waals surface area (Å²) in [5.41, 5.74) is 0. The van der Waals surface area contributed by atoms with Crippen LogP contribution in [0.1, 0.15) is 47.0 Å². The quantitative estimate of drug-likeness (QED) is 0.620. The number of ether oxygens (including phenoxy) is 1. The Labute approximate surface area is 102 Å². The van der Waals surface area contributed by atoms with E-state index in [1.165, 1.54) is 19.3 Å². The van der Waals surface area contributed by atoms with Crippen LogP contribution >= 0.6 is 0 Å². The highest BCUT2D eigenvalue weighted by Crippen LogP contribution is 2.18. The van der Waals surface area contributed by atoms with Gasteiger partial charge in [0.15, 0.2) is 0 Å². The van der Waals surface area contributed by atoms with Gasteiger partial charge in [-0.2, -0.15) is 0 Å². The molecule has 0 aliphatic rings. The van der Waals surface area contributed by atoms with E-state index in [4.69, 9.17) is 4.74 Å². The van der Waals surface area contributed by atoms with Gasteiger partial charge in [0.25, 0.3) is 0 Å². The molecule has 0 aromatic rings. The summed E-state index contributed by atoms with van der Waals surface area (Å²) in [6, 6.07) is 0. The molecule has 0 aromatic carbocycles. The van der Waals surface area contributed by atoms with Crippen LogP contribution in [0.15, 0.2) is 0 Å². The van der Waals surface area contributed by atoms with Crippen molar-refractivity contribution in [2.24, 2.45) is 17.8 Å². The van der Waals surface area contributed by atoms with Crippen LogP contribution in [-0.2, 0) is 4.74 Å². The molecule has 0 amide bonds. The fourth-order valence-corrected chi connectivity index (χ4v) is 2.04. The van der Waals surface area contributed by atoms with Gasteiger partial charge < -0.3 is 10.1 Å². The van der Waals surface area contributed by atoms with Gasteiger partial charge in [-0.05, 0) is 43.7 Å². The predicted octanol–water partition coefficient (Wildman–Crippen LogP) is 3.32. The van der Waals surface area contributed by atoms with Crippen molar-refractivity contribution >= 4 is 0 Å². The molecule has 2 atom stereocenters. The Kier molecular flexibility index (Phi) is 10.0. The molecular weight excluding hydrogens is 198 g/mol. The van der Waals surface area contributed by atoms with Gasteiger partial charge in [0.05, 0.1) is 0 Å². The van der Waals surface area contributed by atoms with Crippen LogP contribution in [-0.4, -0.2) is 26.8 Å². The van der Waals surface area contributed by atoms with Gasteiger partial charge in [-0.3, -0.25) is 0 Å². The summed E-state index contributed by atoms with van der Waals surface area (Å²) in [5.74, 6) is 2.36. The lowest BCUT2D eigenvalue weighted by Crippen LogP contribution is -2.26. The molecule has 0 aliphatic heterocycles. The third-order valence-electron chi connectivity index (χ3n) is 3.09. The average Bonchev–Trinajstić information content (AvgIpc) is 2.23. The largest absolute Gasteiger partial charge is 0.385 e. The maximum Gasteiger partial charge on any atom is 0.0464 e. The Morgan fingerprint density at radius 1 is 1.12 bits per heavy atom. The average molecular weight is 229 g/mol. The van der Waals surface area contributed by atoms with Crippen molar-refractivity contribution in [3.63, 3.8) is 0 Å². The van der Waals surface area contributed by atoms with Gasteiger partial charge in [-0.25, -0.2) is 0 Å². The molecule has 98 valence electrons. The topological polar surface area (TPSA) is 21.3 Å². The predicted molar refractivity (Wildman–Crippen MR) is 71.8 cm³/mol. The fraction of sp³-hybridized carbons (Fsp3) is 1.00. The van der Waals surface area contributed by atoms with E-state index < -0.39 is 0 Å². The van der Waals surface area contributed by atoms with Gasteiger partial charge in [-0.15, -0.1) is 0 Å². The Balaban J connectivity index is 3.60. The van der Waals surface area contributed by atoms with Crippen LogP contribution < -0.4 is 5.32 Å². The molecule has 2 unspecified atom stereocenters. The highest BCUT2D eigenvalue weighted by molar-refractivity contribution is 4.65. The molecule has 0 rings (SSSR count). The summed E-state index contributed by atoms with van der Waals surface area (Å²) >= 11 is 0. The van der Waals surface area contributed by atoms with Crippen molar-refractivity contribution in [3.05, 3.63) is 0 Å². The maximum atomic E-state index is 5.15. The first-order valence-corrected chi connectivity index (χ1v) is 6.79. The SMILES string of the molecule is CCC(CCOC)CC(C)CNCC(C)C. The minimum absolute atomic E-state index is 0.752. The molecule has 0 saturated carbocycles. The summed E-state index contributed by atoms with van der Waals surface area (Å²) in [7, 11) is 1.79. The van der Waals surface area contributed by atoms with Gasteiger partial charge in [-0.1, -0.05) is 34.1 Å². The summed E-state index contributed by atoms with van der Waals surface area (Å²) in [5, 5.41) is 3.54. The first-order chi connectivity index (χ1) is 7.60. The molecule has 2 heteroatoms. The van der Waals surface area contributed by atoms with Crippen molar-refractivity contribution in [3.8, 4) is 0 Å². The standard InChI is InChI=1S/C14H31NO/c1-6-14(7-8-16-5)9-13(4)11-15-10-12(2)3/h12-15H,6-11H2,1-5H3. The van der Waals surface area contributed by atoms with E-state index in [2.05, 4.69) is 33.0 Å². The molecule has 0 aliphatic carbocycles. The van der Waals surface area contributed by atoms with Crippen molar-refractivity contribution < 1.29 is 4.74 Å². The normalized spacial score (nSPS) is 15.4. The second-order valence-electron chi connectivity index (χ2n) is 5.45. The molecule has 2 nitrogen and oxygen atoms in total. The zero-order valence-electron chi connectivity index (χ0n) is 11.9. The Morgan fingerprint density at radius 3 is 2.31 bits per heavy atom. The monoisotopic (exact) mass is 229 g/mol. The first kappa shape index (κ1) is 15.9. The van der Waals surface area contributed by atoms with E-state index in [1.54, 1.807) is 7.11 Å². The van der Waals surface area contributed by atoms with Gasteiger partial charge in [0, 0.05) is 13.7 Å². The lowest BCUT2D eigenvalue weighted by molar-refractivity contribution is 0.169. The molecule has 16 heavy (non-hydrogen) atoms. The summed E-state index contributed by atoms with van der Waals surface area (Å²) in [6.45, 7) is 12.3. The molecule has 0 spiro atoms. The van der Waals surface area contributed by atoms with Crippen LogP contribution in [0.25, 0.3) is 0 Å². The van der Waals surface area contributed by atoms with Gasteiger partial charge in [0.2, 0.25) is 0 Å². The van der Waals surface area contributed by atoms with E-state index in [-0.39, 0.29) is 0 Å². The van der Waals surface area contributed by atoms with E-state index in [0.29, 0.717) is 0 Å². The van der Waals surface area contributed by atoms with Crippen molar-refractivity contribution in [2.75, 3.05) is 26.8 Å². The minimum Gasteiger partial charge on any atom is -0.385 e. The number of methoxy groups -OCH3 is 1. The number of rotatable bonds is 10. The van der Waals surface area contributed by atoms with Crippen molar-refractivity contribution in [1.29, 1.82) is 0 Å². The third kappa shape index (κ3) is 9.17. The Bertz CT molecular complexity index is 148. The molecule has 0 fully saturated rings. The Hall–Kier alpha value is -0.0800. The van der Waals surface area contributed by atoms with Gasteiger partial charge in [0.1, 0.15) is 0 Å². The summed E-state index contributed by atoms with van der Waals surface area (Å²) in [4.78, 5) is 0. The van der Waals surface area contributed by atoms with Crippen LogP contribution in [0.5, 0.6) is 0 Å².